The quantitative estimate of drug-likeness (QED) is 0.826. The van der Waals surface area contributed by atoms with Gasteiger partial charge in [-0.1, -0.05) is 25.7 Å². The lowest BCUT2D eigenvalue weighted by Gasteiger charge is -2.32. The van der Waals surface area contributed by atoms with Crippen LogP contribution in [0.15, 0.2) is 5.38 Å². The molecule has 17 heavy (non-hydrogen) atoms. The zero-order valence-electron chi connectivity index (χ0n) is 10.7. The van der Waals surface area contributed by atoms with E-state index in [9.17, 15) is 0 Å². The first-order chi connectivity index (χ1) is 8.28. The summed E-state index contributed by atoms with van der Waals surface area (Å²) in [5.41, 5.74) is 1.41. The first kappa shape index (κ1) is 11.7. The van der Waals surface area contributed by atoms with E-state index in [4.69, 9.17) is 4.98 Å². The number of hydrogen-bond acceptors (Lipinski definition) is 3. The van der Waals surface area contributed by atoms with Crippen LogP contribution >= 0.6 is 11.3 Å². The Bertz CT molecular complexity index is 373. The molecule has 0 amide bonds. The average Bonchev–Trinajstić information content (AvgIpc) is 3.07. The van der Waals surface area contributed by atoms with Crippen molar-refractivity contribution >= 4 is 11.3 Å². The summed E-state index contributed by atoms with van der Waals surface area (Å²) in [6.45, 7) is 2.11. The molecule has 0 unspecified atom stereocenters. The third-order valence-corrected chi connectivity index (χ3v) is 5.21. The molecule has 0 aromatic carbocycles. The molecule has 0 spiro atoms. The van der Waals surface area contributed by atoms with E-state index in [0.29, 0.717) is 0 Å². The van der Waals surface area contributed by atoms with Crippen LogP contribution in [0, 0.1) is 6.92 Å². The maximum Gasteiger partial charge on any atom is 0.113 e. The molecule has 2 saturated carbocycles. The van der Waals surface area contributed by atoms with E-state index in [1.807, 2.05) is 11.3 Å². The molecule has 2 aliphatic rings. The van der Waals surface area contributed by atoms with Crippen LogP contribution < -0.4 is 5.32 Å². The fourth-order valence-corrected chi connectivity index (χ4v) is 3.96. The van der Waals surface area contributed by atoms with Gasteiger partial charge in [-0.15, -0.1) is 11.3 Å². The molecule has 3 rings (SSSR count). The van der Waals surface area contributed by atoms with Gasteiger partial charge in [0.25, 0.3) is 0 Å². The van der Waals surface area contributed by atoms with Crippen LogP contribution in [-0.4, -0.2) is 11.0 Å². The Morgan fingerprint density at radius 3 is 2.47 bits per heavy atom. The van der Waals surface area contributed by atoms with Crippen molar-refractivity contribution in [1.29, 1.82) is 0 Å². The predicted octanol–water partition coefficient (Wildman–Crippen LogP) is 3.75. The molecule has 2 fully saturated rings. The number of aryl methyl sites for hydroxylation is 1. The van der Waals surface area contributed by atoms with Gasteiger partial charge >= 0.3 is 0 Å². The van der Waals surface area contributed by atoms with Crippen molar-refractivity contribution in [2.75, 3.05) is 0 Å². The molecule has 0 radical (unpaired) electrons. The second kappa shape index (κ2) is 4.69. The standard InChI is InChI=1S/C14H22N2S/c1-11-10-17-13(15-11)14(16-12-6-7-12)8-4-2-3-5-9-14/h10,12,16H,2-9H2,1H3. The van der Waals surface area contributed by atoms with Crippen LogP contribution in [0.5, 0.6) is 0 Å². The summed E-state index contributed by atoms with van der Waals surface area (Å²) in [6.07, 6.45) is 10.8. The Kier molecular flexibility index (Phi) is 3.22. The van der Waals surface area contributed by atoms with Crippen molar-refractivity contribution in [3.63, 3.8) is 0 Å². The van der Waals surface area contributed by atoms with E-state index in [0.717, 1.165) is 6.04 Å². The van der Waals surface area contributed by atoms with Gasteiger partial charge in [0, 0.05) is 17.1 Å². The number of hydrogen-bond donors (Lipinski definition) is 1. The number of nitrogens with one attached hydrogen (secondary N) is 1. The summed E-state index contributed by atoms with van der Waals surface area (Å²) in [7, 11) is 0. The highest BCUT2D eigenvalue weighted by atomic mass is 32.1. The first-order valence-corrected chi connectivity index (χ1v) is 7.87. The summed E-state index contributed by atoms with van der Waals surface area (Å²) in [6, 6.07) is 0.775. The van der Waals surface area contributed by atoms with E-state index in [2.05, 4.69) is 17.6 Å². The molecule has 1 aromatic rings. The minimum absolute atomic E-state index is 0.219. The zero-order valence-corrected chi connectivity index (χ0v) is 11.5. The Hall–Kier alpha value is -0.410. The van der Waals surface area contributed by atoms with Gasteiger partial charge in [-0.3, -0.25) is 0 Å². The van der Waals surface area contributed by atoms with Crippen LogP contribution in [0.1, 0.15) is 62.1 Å². The van der Waals surface area contributed by atoms with E-state index in [-0.39, 0.29) is 5.54 Å². The fourth-order valence-electron chi connectivity index (χ4n) is 2.94. The van der Waals surface area contributed by atoms with Crippen LogP contribution in [0.25, 0.3) is 0 Å². The van der Waals surface area contributed by atoms with Gasteiger partial charge in [-0.2, -0.15) is 0 Å². The van der Waals surface area contributed by atoms with Crippen LogP contribution in [0.4, 0.5) is 0 Å². The summed E-state index contributed by atoms with van der Waals surface area (Å²) in [5.74, 6) is 0. The Morgan fingerprint density at radius 1 is 1.24 bits per heavy atom. The van der Waals surface area contributed by atoms with Crippen molar-refractivity contribution < 1.29 is 0 Å². The maximum absolute atomic E-state index is 4.79. The smallest absolute Gasteiger partial charge is 0.113 e. The van der Waals surface area contributed by atoms with Gasteiger partial charge in [-0.05, 0) is 32.6 Å². The Morgan fingerprint density at radius 2 is 1.94 bits per heavy atom. The van der Waals surface area contributed by atoms with E-state index < -0.39 is 0 Å². The molecule has 0 aliphatic heterocycles. The number of aromatic nitrogens is 1. The highest BCUT2D eigenvalue weighted by Crippen LogP contribution is 2.40. The fraction of sp³-hybridized carbons (Fsp3) is 0.786. The van der Waals surface area contributed by atoms with Crippen LogP contribution in [-0.2, 0) is 5.54 Å². The second-order valence-electron chi connectivity index (χ2n) is 5.71. The number of thiazole rings is 1. The van der Waals surface area contributed by atoms with E-state index in [1.54, 1.807) is 0 Å². The SMILES string of the molecule is Cc1csc(C2(NC3CC3)CCCCCC2)n1. The molecule has 3 heteroatoms. The molecule has 1 heterocycles. The topological polar surface area (TPSA) is 24.9 Å². The lowest BCUT2D eigenvalue weighted by molar-refractivity contribution is 0.285. The molecule has 0 saturated heterocycles. The summed E-state index contributed by atoms with van der Waals surface area (Å²) in [4.78, 5) is 4.79. The molecule has 2 aliphatic carbocycles. The third kappa shape index (κ3) is 2.55. The Labute approximate surface area is 108 Å². The highest BCUT2D eigenvalue weighted by molar-refractivity contribution is 7.09. The number of nitrogens with zero attached hydrogens (tertiary/aromatic N) is 1. The molecule has 0 bridgehead atoms. The summed E-state index contributed by atoms with van der Waals surface area (Å²) in [5, 5.41) is 7.48. The third-order valence-electron chi connectivity index (χ3n) is 4.04. The normalized spacial score (nSPS) is 24.5. The average molecular weight is 250 g/mol. The van der Waals surface area contributed by atoms with Gasteiger partial charge in [0.1, 0.15) is 5.01 Å². The van der Waals surface area contributed by atoms with E-state index >= 15 is 0 Å². The maximum atomic E-state index is 4.79. The van der Waals surface area contributed by atoms with Crippen molar-refractivity contribution in [2.24, 2.45) is 0 Å². The minimum atomic E-state index is 0.219. The molecular weight excluding hydrogens is 228 g/mol. The molecule has 0 atom stereocenters. The van der Waals surface area contributed by atoms with E-state index in [1.165, 1.54) is 62.1 Å². The lowest BCUT2D eigenvalue weighted by atomic mass is 9.90. The highest BCUT2D eigenvalue weighted by Gasteiger charge is 2.39. The largest absolute Gasteiger partial charge is 0.303 e. The molecule has 1 N–H and O–H groups in total. The Balaban J connectivity index is 1.87. The van der Waals surface area contributed by atoms with Gasteiger partial charge in [-0.25, -0.2) is 4.98 Å². The van der Waals surface area contributed by atoms with Crippen molar-refractivity contribution in [3.8, 4) is 0 Å². The minimum Gasteiger partial charge on any atom is -0.303 e. The van der Waals surface area contributed by atoms with Gasteiger partial charge < -0.3 is 5.32 Å². The zero-order chi connectivity index (χ0) is 11.7. The molecule has 1 aromatic heterocycles. The van der Waals surface area contributed by atoms with Gasteiger partial charge in [0.2, 0.25) is 0 Å². The second-order valence-corrected chi connectivity index (χ2v) is 6.57. The monoisotopic (exact) mass is 250 g/mol. The lowest BCUT2D eigenvalue weighted by Crippen LogP contribution is -2.43. The van der Waals surface area contributed by atoms with Crippen molar-refractivity contribution in [3.05, 3.63) is 16.1 Å². The van der Waals surface area contributed by atoms with Crippen LogP contribution in [0.2, 0.25) is 0 Å². The first-order valence-electron chi connectivity index (χ1n) is 6.99. The van der Waals surface area contributed by atoms with Gasteiger partial charge in [0.05, 0.1) is 5.54 Å². The predicted molar refractivity (Wildman–Crippen MR) is 72.4 cm³/mol. The van der Waals surface area contributed by atoms with Crippen LogP contribution in [0.3, 0.4) is 0 Å². The molecule has 94 valence electrons. The van der Waals surface area contributed by atoms with Crippen molar-refractivity contribution in [1.82, 2.24) is 10.3 Å². The summed E-state index contributed by atoms with van der Waals surface area (Å²) < 4.78 is 0. The summed E-state index contributed by atoms with van der Waals surface area (Å²) >= 11 is 1.86. The molecule has 2 nitrogen and oxygen atoms in total. The van der Waals surface area contributed by atoms with Gasteiger partial charge in [0.15, 0.2) is 0 Å². The number of rotatable bonds is 3. The van der Waals surface area contributed by atoms with Crippen molar-refractivity contribution in [2.45, 2.75) is 69.9 Å². The molecular formula is C14H22N2S.